The Morgan fingerprint density at radius 3 is 2.76 bits per heavy atom. The molecule has 0 bridgehead atoms. The van der Waals surface area contributed by atoms with Gasteiger partial charge in [0, 0.05) is 11.5 Å². The summed E-state index contributed by atoms with van der Waals surface area (Å²) in [5.74, 6) is 3.88. The molecule has 0 saturated carbocycles. The van der Waals surface area contributed by atoms with Crippen LogP contribution < -0.4 is 14.8 Å². The second kappa shape index (κ2) is 6.17. The van der Waals surface area contributed by atoms with Gasteiger partial charge in [0.25, 0.3) is 0 Å². The molecule has 1 aliphatic heterocycles. The highest BCUT2D eigenvalue weighted by molar-refractivity contribution is 8.00. The lowest BCUT2D eigenvalue weighted by atomic mass is 10.1. The molecule has 94 valence electrons. The molecule has 1 saturated heterocycles. The summed E-state index contributed by atoms with van der Waals surface area (Å²) in [6, 6.07) is 6.18. The molecule has 1 aromatic rings. The zero-order valence-corrected chi connectivity index (χ0v) is 11.2. The zero-order chi connectivity index (χ0) is 12.1. The van der Waals surface area contributed by atoms with E-state index in [0.29, 0.717) is 6.10 Å². The van der Waals surface area contributed by atoms with Crippen LogP contribution in [0.15, 0.2) is 18.2 Å². The van der Waals surface area contributed by atoms with Crippen molar-refractivity contribution in [2.75, 3.05) is 32.2 Å². The monoisotopic (exact) mass is 253 g/mol. The molecule has 1 N–H and O–H groups in total. The Labute approximate surface area is 107 Å². The van der Waals surface area contributed by atoms with Crippen molar-refractivity contribution < 1.29 is 9.47 Å². The minimum Gasteiger partial charge on any atom is -0.493 e. The van der Waals surface area contributed by atoms with E-state index in [1.165, 1.54) is 5.56 Å². The summed E-state index contributed by atoms with van der Waals surface area (Å²) in [5, 5.41) is 3.15. The van der Waals surface area contributed by atoms with Gasteiger partial charge in [-0.15, -0.1) is 0 Å². The van der Waals surface area contributed by atoms with Gasteiger partial charge in [0.1, 0.15) is 6.10 Å². The van der Waals surface area contributed by atoms with E-state index in [0.717, 1.165) is 36.0 Å². The third-order valence-corrected chi connectivity index (χ3v) is 4.01. The maximum atomic E-state index is 5.93. The fraction of sp³-hybridized carbons (Fsp3) is 0.538. The van der Waals surface area contributed by atoms with E-state index in [1.54, 1.807) is 7.11 Å². The molecule has 17 heavy (non-hydrogen) atoms. The topological polar surface area (TPSA) is 30.5 Å². The molecule has 0 amide bonds. The van der Waals surface area contributed by atoms with Gasteiger partial charge in [-0.1, -0.05) is 6.07 Å². The Bertz CT molecular complexity index is 366. The Balaban J connectivity index is 2.07. The normalized spacial score (nSPS) is 15.4. The molecule has 0 radical (unpaired) electrons. The molecular formula is C13H19NO2S. The number of ether oxygens (including phenoxy) is 2. The molecule has 1 fully saturated rings. The molecule has 4 heteroatoms. The molecule has 1 aromatic carbocycles. The SMILES string of the molecule is CNCCc1ccc(OC)c(OC2CSC2)c1. The number of rotatable bonds is 6. The molecule has 2 rings (SSSR count). The summed E-state index contributed by atoms with van der Waals surface area (Å²) in [7, 11) is 3.65. The predicted molar refractivity (Wildman–Crippen MR) is 72.4 cm³/mol. The lowest BCUT2D eigenvalue weighted by Crippen LogP contribution is -2.31. The van der Waals surface area contributed by atoms with Crippen LogP contribution in [0, 0.1) is 0 Å². The minimum absolute atomic E-state index is 0.355. The Morgan fingerprint density at radius 2 is 2.18 bits per heavy atom. The predicted octanol–water partition coefficient (Wildman–Crippen LogP) is 1.95. The van der Waals surface area contributed by atoms with Gasteiger partial charge in [0.05, 0.1) is 7.11 Å². The van der Waals surface area contributed by atoms with Crippen molar-refractivity contribution in [2.45, 2.75) is 12.5 Å². The molecule has 1 heterocycles. The lowest BCUT2D eigenvalue weighted by Gasteiger charge is -2.26. The fourth-order valence-corrected chi connectivity index (χ4v) is 2.26. The van der Waals surface area contributed by atoms with Crippen LogP contribution in [0.5, 0.6) is 11.5 Å². The van der Waals surface area contributed by atoms with E-state index in [9.17, 15) is 0 Å². The molecule has 0 atom stereocenters. The average Bonchev–Trinajstić information content (AvgIpc) is 2.31. The number of benzene rings is 1. The fourth-order valence-electron chi connectivity index (χ4n) is 1.70. The molecule has 0 aromatic heterocycles. The standard InChI is InChI=1S/C13H19NO2S/c1-14-6-5-10-3-4-12(15-2)13(7-10)16-11-8-17-9-11/h3-4,7,11,14H,5-6,8-9H2,1-2H3. The summed E-state index contributed by atoms with van der Waals surface area (Å²) in [6.45, 7) is 0.977. The maximum Gasteiger partial charge on any atom is 0.161 e. The van der Waals surface area contributed by atoms with Crippen molar-refractivity contribution in [3.05, 3.63) is 23.8 Å². The van der Waals surface area contributed by atoms with E-state index in [2.05, 4.69) is 17.4 Å². The van der Waals surface area contributed by atoms with Crippen molar-refractivity contribution in [1.29, 1.82) is 0 Å². The minimum atomic E-state index is 0.355. The Kier molecular flexibility index (Phi) is 4.57. The summed E-state index contributed by atoms with van der Waals surface area (Å²) >= 11 is 1.92. The molecule has 0 aliphatic carbocycles. The van der Waals surface area contributed by atoms with E-state index in [4.69, 9.17) is 9.47 Å². The van der Waals surface area contributed by atoms with E-state index in [-0.39, 0.29) is 0 Å². The van der Waals surface area contributed by atoms with Crippen LogP contribution in [0.3, 0.4) is 0 Å². The van der Waals surface area contributed by atoms with Crippen LogP contribution in [0.4, 0.5) is 0 Å². The van der Waals surface area contributed by atoms with Gasteiger partial charge in [-0.25, -0.2) is 0 Å². The van der Waals surface area contributed by atoms with Crippen molar-refractivity contribution in [2.24, 2.45) is 0 Å². The van der Waals surface area contributed by atoms with E-state index >= 15 is 0 Å². The Hall–Kier alpha value is -0.870. The summed E-state index contributed by atoms with van der Waals surface area (Å²) in [5.41, 5.74) is 1.28. The van der Waals surface area contributed by atoms with Crippen LogP contribution in [0.2, 0.25) is 0 Å². The first-order valence-electron chi connectivity index (χ1n) is 5.89. The molecule has 0 spiro atoms. The van der Waals surface area contributed by atoms with Crippen LogP contribution >= 0.6 is 11.8 Å². The van der Waals surface area contributed by atoms with Crippen molar-refractivity contribution in [1.82, 2.24) is 5.32 Å². The first-order chi connectivity index (χ1) is 8.33. The molecule has 1 aliphatic rings. The lowest BCUT2D eigenvalue weighted by molar-refractivity contribution is 0.228. The van der Waals surface area contributed by atoms with Gasteiger partial charge < -0.3 is 14.8 Å². The van der Waals surface area contributed by atoms with Crippen molar-refractivity contribution in [3.8, 4) is 11.5 Å². The number of likely N-dealkylation sites (N-methyl/N-ethyl adjacent to an activating group) is 1. The number of thioether (sulfide) groups is 1. The van der Waals surface area contributed by atoms with Crippen LogP contribution in [-0.2, 0) is 6.42 Å². The smallest absolute Gasteiger partial charge is 0.161 e. The van der Waals surface area contributed by atoms with Gasteiger partial charge in [-0.2, -0.15) is 11.8 Å². The van der Waals surface area contributed by atoms with Crippen LogP contribution in [0.1, 0.15) is 5.56 Å². The van der Waals surface area contributed by atoms with Gasteiger partial charge in [-0.05, 0) is 37.7 Å². The Morgan fingerprint density at radius 1 is 1.35 bits per heavy atom. The van der Waals surface area contributed by atoms with E-state index in [1.807, 2.05) is 24.9 Å². The third-order valence-electron chi connectivity index (χ3n) is 2.79. The summed E-state index contributed by atoms with van der Waals surface area (Å²) < 4.78 is 11.3. The summed E-state index contributed by atoms with van der Waals surface area (Å²) in [6.07, 6.45) is 1.37. The molecule has 3 nitrogen and oxygen atoms in total. The van der Waals surface area contributed by atoms with Crippen LogP contribution in [0.25, 0.3) is 0 Å². The third kappa shape index (κ3) is 3.30. The maximum absolute atomic E-state index is 5.93. The number of hydrogen-bond donors (Lipinski definition) is 1. The highest BCUT2D eigenvalue weighted by Crippen LogP contribution is 2.32. The number of nitrogens with one attached hydrogen (secondary N) is 1. The van der Waals surface area contributed by atoms with Crippen LogP contribution in [-0.4, -0.2) is 38.3 Å². The highest BCUT2D eigenvalue weighted by atomic mass is 32.2. The van der Waals surface area contributed by atoms with Crippen molar-refractivity contribution >= 4 is 11.8 Å². The van der Waals surface area contributed by atoms with Gasteiger partial charge in [0.2, 0.25) is 0 Å². The average molecular weight is 253 g/mol. The highest BCUT2D eigenvalue weighted by Gasteiger charge is 2.21. The van der Waals surface area contributed by atoms with Gasteiger partial charge in [-0.3, -0.25) is 0 Å². The summed E-state index contributed by atoms with van der Waals surface area (Å²) in [4.78, 5) is 0. The number of methoxy groups -OCH3 is 1. The van der Waals surface area contributed by atoms with Gasteiger partial charge in [0.15, 0.2) is 11.5 Å². The zero-order valence-electron chi connectivity index (χ0n) is 10.4. The molecule has 0 unspecified atom stereocenters. The molecular weight excluding hydrogens is 234 g/mol. The number of hydrogen-bond acceptors (Lipinski definition) is 4. The largest absolute Gasteiger partial charge is 0.493 e. The van der Waals surface area contributed by atoms with E-state index < -0.39 is 0 Å². The first-order valence-corrected chi connectivity index (χ1v) is 7.05. The first kappa shape index (κ1) is 12.6. The van der Waals surface area contributed by atoms with Gasteiger partial charge >= 0.3 is 0 Å². The second-order valence-corrected chi connectivity index (χ2v) is 5.19. The quantitative estimate of drug-likeness (QED) is 0.839. The van der Waals surface area contributed by atoms with Crippen molar-refractivity contribution in [3.63, 3.8) is 0 Å². The second-order valence-electron chi connectivity index (χ2n) is 4.12.